The fourth-order valence-electron chi connectivity index (χ4n) is 3.80. The predicted molar refractivity (Wildman–Crippen MR) is 132 cm³/mol. The molecular formula is C27H23BrO5. The van der Waals surface area contributed by atoms with Crippen LogP contribution in [0.2, 0.25) is 0 Å². The molecule has 33 heavy (non-hydrogen) atoms. The van der Waals surface area contributed by atoms with E-state index in [4.69, 9.17) is 14.2 Å². The van der Waals surface area contributed by atoms with Gasteiger partial charge in [-0.25, -0.2) is 4.79 Å². The molecule has 4 aromatic carbocycles. The van der Waals surface area contributed by atoms with E-state index in [2.05, 4.69) is 15.9 Å². The van der Waals surface area contributed by atoms with Crippen LogP contribution in [-0.4, -0.2) is 25.7 Å². The number of methoxy groups -OCH3 is 1. The van der Waals surface area contributed by atoms with Gasteiger partial charge in [0.15, 0.2) is 5.75 Å². The molecule has 0 unspecified atom stereocenters. The van der Waals surface area contributed by atoms with E-state index in [0.29, 0.717) is 24.2 Å². The van der Waals surface area contributed by atoms with Crippen molar-refractivity contribution in [3.8, 4) is 11.5 Å². The van der Waals surface area contributed by atoms with E-state index in [-0.39, 0.29) is 17.7 Å². The highest BCUT2D eigenvalue weighted by atomic mass is 79.9. The van der Waals surface area contributed by atoms with Crippen LogP contribution < -0.4 is 9.47 Å². The molecule has 0 spiro atoms. The minimum Gasteiger partial charge on any atom is -0.496 e. The standard InChI is InChI=1S/C27H23BrO5/c1-3-14-32-27(30)22-11-8-17-6-4-5-7-21(17)26(22)33-25(29)16-23-20-12-10-19(28)15-18(20)9-13-24(23)31-2/h4-13,15H,3,14,16H2,1-2H3. The number of hydrogen-bond acceptors (Lipinski definition) is 5. The van der Waals surface area contributed by atoms with Crippen molar-refractivity contribution in [2.24, 2.45) is 0 Å². The number of fused-ring (bicyclic) bond motifs is 2. The number of carbonyl (C=O) groups is 2. The number of halogens is 1. The number of ether oxygens (including phenoxy) is 3. The van der Waals surface area contributed by atoms with Crippen LogP contribution in [0.3, 0.4) is 0 Å². The molecule has 6 heteroatoms. The maximum Gasteiger partial charge on any atom is 0.341 e. The van der Waals surface area contributed by atoms with Gasteiger partial charge in [0, 0.05) is 15.4 Å². The van der Waals surface area contributed by atoms with Crippen molar-refractivity contribution in [3.63, 3.8) is 0 Å². The second kappa shape index (κ2) is 10.0. The van der Waals surface area contributed by atoms with Crippen LogP contribution in [0.4, 0.5) is 0 Å². The van der Waals surface area contributed by atoms with Crippen molar-refractivity contribution in [1.29, 1.82) is 0 Å². The number of benzene rings is 4. The lowest BCUT2D eigenvalue weighted by atomic mass is 10.0. The monoisotopic (exact) mass is 506 g/mol. The largest absolute Gasteiger partial charge is 0.496 e. The summed E-state index contributed by atoms with van der Waals surface area (Å²) in [6.45, 7) is 2.21. The molecule has 0 amide bonds. The van der Waals surface area contributed by atoms with Gasteiger partial charge in [-0.1, -0.05) is 65.3 Å². The molecule has 168 valence electrons. The lowest BCUT2D eigenvalue weighted by Crippen LogP contribution is -2.16. The second-order valence-electron chi connectivity index (χ2n) is 7.56. The SMILES string of the molecule is CCCOC(=O)c1ccc2ccccc2c1OC(=O)Cc1c(OC)ccc2cc(Br)ccc12. The smallest absolute Gasteiger partial charge is 0.341 e. The van der Waals surface area contributed by atoms with Gasteiger partial charge in [-0.2, -0.15) is 0 Å². The highest BCUT2D eigenvalue weighted by molar-refractivity contribution is 9.10. The Balaban J connectivity index is 1.72. The first-order valence-corrected chi connectivity index (χ1v) is 11.5. The normalized spacial score (nSPS) is 10.9. The highest BCUT2D eigenvalue weighted by Crippen LogP contribution is 2.33. The van der Waals surface area contributed by atoms with Crippen LogP contribution in [0, 0.1) is 0 Å². The Labute approximate surface area is 200 Å². The Kier molecular flexibility index (Phi) is 6.94. The number of esters is 2. The molecule has 4 aromatic rings. The minimum absolute atomic E-state index is 0.0190. The van der Waals surface area contributed by atoms with Crippen LogP contribution in [0.25, 0.3) is 21.5 Å². The van der Waals surface area contributed by atoms with Gasteiger partial charge in [0.25, 0.3) is 0 Å². The molecule has 0 aliphatic carbocycles. The molecule has 0 aromatic heterocycles. The van der Waals surface area contributed by atoms with E-state index in [0.717, 1.165) is 26.2 Å². The van der Waals surface area contributed by atoms with Gasteiger partial charge in [-0.15, -0.1) is 0 Å². The predicted octanol–water partition coefficient (Wildman–Crippen LogP) is 6.48. The van der Waals surface area contributed by atoms with Gasteiger partial charge in [0.2, 0.25) is 0 Å². The lowest BCUT2D eigenvalue weighted by Gasteiger charge is -2.15. The Morgan fingerprint density at radius 2 is 1.70 bits per heavy atom. The fourth-order valence-corrected chi connectivity index (χ4v) is 4.18. The summed E-state index contributed by atoms with van der Waals surface area (Å²) in [5.74, 6) is -0.203. The Hall–Kier alpha value is -3.38. The first kappa shape index (κ1) is 22.8. The van der Waals surface area contributed by atoms with Gasteiger partial charge >= 0.3 is 11.9 Å². The van der Waals surface area contributed by atoms with E-state index >= 15 is 0 Å². The molecule has 0 radical (unpaired) electrons. The van der Waals surface area contributed by atoms with E-state index in [1.165, 1.54) is 0 Å². The Morgan fingerprint density at radius 3 is 2.48 bits per heavy atom. The molecule has 0 atom stereocenters. The maximum absolute atomic E-state index is 13.2. The van der Waals surface area contributed by atoms with Crippen LogP contribution in [-0.2, 0) is 16.0 Å². The first-order chi connectivity index (χ1) is 16.0. The van der Waals surface area contributed by atoms with Crippen LogP contribution in [0.15, 0.2) is 71.2 Å². The van der Waals surface area contributed by atoms with Gasteiger partial charge in [0.1, 0.15) is 11.3 Å². The summed E-state index contributed by atoms with van der Waals surface area (Å²) in [7, 11) is 1.57. The van der Waals surface area contributed by atoms with Gasteiger partial charge in [0.05, 0.1) is 20.1 Å². The lowest BCUT2D eigenvalue weighted by molar-refractivity contribution is -0.133. The quantitative estimate of drug-likeness (QED) is 0.212. The highest BCUT2D eigenvalue weighted by Gasteiger charge is 2.21. The third-order valence-electron chi connectivity index (χ3n) is 5.34. The van der Waals surface area contributed by atoms with Crippen molar-refractivity contribution >= 4 is 49.4 Å². The first-order valence-electron chi connectivity index (χ1n) is 10.7. The number of hydrogen-bond donors (Lipinski definition) is 0. The average Bonchev–Trinajstić information content (AvgIpc) is 2.82. The van der Waals surface area contributed by atoms with E-state index in [1.54, 1.807) is 13.2 Å². The molecule has 0 N–H and O–H groups in total. The summed E-state index contributed by atoms with van der Waals surface area (Å²) in [4.78, 5) is 25.8. The Bertz CT molecular complexity index is 1350. The van der Waals surface area contributed by atoms with Crippen molar-refractivity contribution in [3.05, 3.63) is 82.3 Å². The maximum atomic E-state index is 13.2. The molecular weight excluding hydrogens is 484 g/mol. The summed E-state index contributed by atoms with van der Waals surface area (Å²) in [5, 5.41) is 3.41. The van der Waals surface area contributed by atoms with Crippen LogP contribution in [0.5, 0.6) is 11.5 Å². The van der Waals surface area contributed by atoms with Crippen molar-refractivity contribution in [2.45, 2.75) is 19.8 Å². The summed E-state index contributed by atoms with van der Waals surface area (Å²) in [6.07, 6.45) is 0.681. The molecule has 0 saturated carbocycles. The summed E-state index contributed by atoms with van der Waals surface area (Å²) < 4.78 is 17.6. The molecule has 4 rings (SSSR count). The molecule has 0 fully saturated rings. The summed E-state index contributed by atoms with van der Waals surface area (Å²) in [5.41, 5.74) is 0.951. The van der Waals surface area contributed by atoms with E-state index in [1.807, 2.05) is 67.6 Å². The Morgan fingerprint density at radius 1 is 0.909 bits per heavy atom. The molecule has 0 aliphatic rings. The topological polar surface area (TPSA) is 61.8 Å². The van der Waals surface area contributed by atoms with Crippen LogP contribution in [0.1, 0.15) is 29.3 Å². The molecule has 0 aliphatic heterocycles. The zero-order valence-corrected chi connectivity index (χ0v) is 20.0. The zero-order valence-electron chi connectivity index (χ0n) is 18.4. The molecule has 5 nitrogen and oxygen atoms in total. The fraction of sp³-hybridized carbons (Fsp3) is 0.185. The third kappa shape index (κ3) is 4.86. The van der Waals surface area contributed by atoms with Crippen molar-refractivity contribution < 1.29 is 23.8 Å². The molecule has 0 saturated heterocycles. The van der Waals surface area contributed by atoms with Gasteiger partial charge < -0.3 is 14.2 Å². The van der Waals surface area contributed by atoms with Gasteiger partial charge in [-0.05, 0) is 46.8 Å². The molecule has 0 heterocycles. The van der Waals surface area contributed by atoms with Crippen molar-refractivity contribution in [1.82, 2.24) is 0 Å². The summed E-state index contributed by atoms with van der Waals surface area (Å²) >= 11 is 3.48. The van der Waals surface area contributed by atoms with Gasteiger partial charge in [-0.3, -0.25) is 4.79 Å². The number of carbonyl (C=O) groups excluding carboxylic acids is 2. The van der Waals surface area contributed by atoms with E-state index in [9.17, 15) is 9.59 Å². The third-order valence-corrected chi connectivity index (χ3v) is 5.84. The summed E-state index contributed by atoms with van der Waals surface area (Å²) in [6, 6.07) is 20.5. The van der Waals surface area contributed by atoms with E-state index < -0.39 is 11.9 Å². The van der Waals surface area contributed by atoms with Crippen LogP contribution >= 0.6 is 15.9 Å². The van der Waals surface area contributed by atoms with Crippen molar-refractivity contribution in [2.75, 3.05) is 13.7 Å². The zero-order chi connectivity index (χ0) is 23.4. The average molecular weight is 507 g/mol. The molecule has 0 bridgehead atoms. The number of rotatable bonds is 7. The minimum atomic E-state index is -0.516. The second-order valence-corrected chi connectivity index (χ2v) is 8.48.